The number of esters is 1. The number of rotatable bonds is 6. The molecule has 0 saturated carbocycles. The molecule has 0 fully saturated rings. The SMILES string of the molecule is [2H]c1c([2H])c([2H])c(C(=O)OCCCC(=O)O)c(C(=O)O)c1[2H]. The summed E-state index contributed by atoms with van der Waals surface area (Å²) in [5.74, 6) is -4.02. The lowest BCUT2D eigenvalue weighted by atomic mass is 10.1. The van der Waals surface area contributed by atoms with Crippen molar-refractivity contribution in [1.82, 2.24) is 0 Å². The Kier molecular flexibility index (Phi) is 3.08. The van der Waals surface area contributed by atoms with E-state index in [-0.39, 0.29) is 19.4 Å². The Hall–Kier alpha value is -2.37. The molecule has 1 aromatic carbocycles. The number of carbonyl (C=O) groups excluding carboxylic acids is 1. The van der Waals surface area contributed by atoms with Crippen molar-refractivity contribution in [2.45, 2.75) is 12.8 Å². The molecule has 0 amide bonds. The third kappa shape index (κ3) is 3.89. The zero-order valence-electron chi connectivity index (χ0n) is 13.1. The molecule has 0 saturated heterocycles. The molecule has 18 heavy (non-hydrogen) atoms. The zero-order chi connectivity index (χ0) is 17.0. The molecule has 0 radical (unpaired) electrons. The number of carboxylic acids is 2. The van der Waals surface area contributed by atoms with E-state index < -0.39 is 53.2 Å². The normalized spacial score (nSPS) is 12.9. The molecule has 0 aliphatic carbocycles. The van der Waals surface area contributed by atoms with Crippen LogP contribution in [0.4, 0.5) is 0 Å². The van der Waals surface area contributed by atoms with E-state index in [4.69, 9.17) is 15.7 Å². The minimum absolute atomic E-state index is 0.00516. The lowest BCUT2D eigenvalue weighted by molar-refractivity contribution is -0.137. The van der Waals surface area contributed by atoms with Crippen LogP contribution in [0.25, 0.3) is 0 Å². The second kappa shape index (κ2) is 6.39. The molecule has 1 rings (SSSR count). The number of aromatic carboxylic acids is 1. The first-order valence-electron chi connectivity index (χ1n) is 6.91. The minimum atomic E-state index is -1.69. The fraction of sp³-hybridized carbons (Fsp3) is 0.250. The molecule has 6 heteroatoms. The highest BCUT2D eigenvalue weighted by Gasteiger charge is 2.16. The lowest BCUT2D eigenvalue weighted by Crippen LogP contribution is -2.12. The number of carbonyl (C=O) groups is 3. The molecule has 0 aromatic heterocycles. The summed E-state index contributed by atoms with van der Waals surface area (Å²) in [6.45, 7) is -0.313. The van der Waals surface area contributed by atoms with Gasteiger partial charge >= 0.3 is 17.9 Å². The lowest BCUT2D eigenvalue weighted by Gasteiger charge is -2.06. The van der Waals surface area contributed by atoms with Crippen LogP contribution >= 0.6 is 0 Å². The average molecular weight is 256 g/mol. The first-order valence-corrected chi connectivity index (χ1v) is 4.91. The van der Waals surface area contributed by atoms with Gasteiger partial charge in [0.15, 0.2) is 0 Å². The van der Waals surface area contributed by atoms with Crippen molar-refractivity contribution >= 4 is 17.9 Å². The molecule has 96 valence electrons. The van der Waals surface area contributed by atoms with Crippen molar-refractivity contribution in [3.05, 3.63) is 35.3 Å². The van der Waals surface area contributed by atoms with Crippen molar-refractivity contribution in [1.29, 1.82) is 0 Å². The molecular weight excluding hydrogens is 240 g/mol. The fourth-order valence-electron chi connectivity index (χ4n) is 1.09. The second-order valence-electron chi connectivity index (χ2n) is 3.19. The van der Waals surface area contributed by atoms with Crippen LogP contribution in [0.3, 0.4) is 0 Å². The standard InChI is InChI=1S/C12H12O6/c13-10(14)6-3-7-18-12(17)9-5-2-1-4-8(9)11(15)16/h1-2,4-5H,3,6-7H2,(H,13,14)(H,15,16)/i1D,2D,4D,5D. The first kappa shape index (κ1) is 8.68. The maximum Gasteiger partial charge on any atom is 0.339 e. The molecule has 0 unspecified atom stereocenters. The minimum Gasteiger partial charge on any atom is -0.481 e. The van der Waals surface area contributed by atoms with Crippen LogP contribution in [0.2, 0.25) is 0 Å². The molecule has 0 atom stereocenters. The quantitative estimate of drug-likeness (QED) is 0.589. The number of ether oxygens (including phenoxy) is 1. The second-order valence-corrected chi connectivity index (χ2v) is 3.19. The van der Waals surface area contributed by atoms with Crippen LogP contribution in [0.5, 0.6) is 0 Å². The van der Waals surface area contributed by atoms with Gasteiger partial charge in [0.1, 0.15) is 0 Å². The summed E-state index contributed by atoms with van der Waals surface area (Å²) in [5, 5.41) is 17.5. The zero-order valence-corrected chi connectivity index (χ0v) is 9.15. The topological polar surface area (TPSA) is 101 Å². The molecule has 0 heterocycles. The highest BCUT2D eigenvalue weighted by atomic mass is 16.5. The van der Waals surface area contributed by atoms with E-state index in [9.17, 15) is 14.4 Å². The summed E-state index contributed by atoms with van der Waals surface area (Å²) < 4.78 is 34.6. The summed E-state index contributed by atoms with van der Waals surface area (Å²) in [4.78, 5) is 33.3. The van der Waals surface area contributed by atoms with E-state index in [0.717, 1.165) is 0 Å². The fourth-order valence-corrected chi connectivity index (χ4v) is 1.09. The van der Waals surface area contributed by atoms with Crippen molar-refractivity contribution < 1.29 is 34.8 Å². The van der Waals surface area contributed by atoms with E-state index in [1.165, 1.54) is 0 Å². The Morgan fingerprint density at radius 3 is 2.33 bits per heavy atom. The van der Waals surface area contributed by atoms with Gasteiger partial charge in [0.2, 0.25) is 0 Å². The third-order valence-electron chi connectivity index (χ3n) is 1.87. The highest BCUT2D eigenvalue weighted by Crippen LogP contribution is 2.10. The smallest absolute Gasteiger partial charge is 0.339 e. The summed E-state index contributed by atoms with van der Waals surface area (Å²) >= 11 is 0. The van der Waals surface area contributed by atoms with Gasteiger partial charge in [-0.05, 0) is 18.5 Å². The van der Waals surface area contributed by atoms with E-state index in [1.54, 1.807) is 0 Å². The first-order chi connectivity index (χ1) is 10.2. The number of hydrogen-bond acceptors (Lipinski definition) is 4. The van der Waals surface area contributed by atoms with Gasteiger partial charge in [-0.1, -0.05) is 12.1 Å². The van der Waals surface area contributed by atoms with Gasteiger partial charge in [-0.3, -0.25) is 4.79 Å². The summed E-state index contributed by atoms with van der Waals surface area (Å²) in [6.07, 6.45) is -0.263. The average Bonchev–Trinajstić information content (AvgIpc) is 2.44. The Bertz CT molecular complexity index is 643. The number of carboxylic acid groups (broad SMARTS) is 2. The van der Waals surface area contributed by atoms with Gasteiger partial charge in [-0.15, -0.1) is 0 Å². The van der Waals surface area contributed by atoms with Crippen LogP contribution < -0.4 is 0 Å². The highest BCUT2D eigenvalue weighted by molar-refractivity contribution is 6.02. The largest absolute Gasteiger partial charge is 0.481 e. The number of hydrogen-bond donors (Lipinski definition) is 2. The van der Waals surface area contributed by atoms with E-state index >= 15 is 0 Å². The Balaban J connectivity index is 3.14. The van der Waals surface area contributed by atoms with E-state index in [2.05, 4.69) is 4.74 Å². The third-order valence-corrected chi connectivity index (χ3v) is 1.87. The Morgan fingerprint density at radius 1 is 1.17 bits per heavy atom. The van der Waals surface area contributed by atoms with Gasteiger partial charge < -0.3 is 14.9 Å². The predicted octanol–water partition coefficient (Wildman–Crippen LogP) is 1.41. The van der Waals surface area contributed by atoms with Gasteiger partial charge in [-0.25, -0.2) is 9.59 Å². The Labute approximate surface area is 108 Å². The molecule has 0 aliphatic heterocycles. The van der Waals surface area contributed by atoms with Crippen LogP contribution in [0, 0.1) is 0 Å². The van der Waals surface area contributed by atoms with Crippen LogP contribution in [0.1, 0.15) is 39.0 Å². The van der Waals surface area contributed by atoms with Gasteiger partial charge in [0.05, 0.1) is 23.2 Å². The van der Waals surface area contributed by atoms with Crippen molar-refractivity contribution in [2.75, 3.05) is 6.61 Å². The molecule has 0 aliphatic rings. The van der Waals surface area contributed by atoms with Gasteiger partial charge in [-0.2, -0.15) is 0 Å². The summed E-state index contributed by atoms with van der Waals surface area (Å²) in [7, 11) is 0. The van der Waals surface area contributed by atoms with Crippen molar-refractivity contribution in [2.24, 2.45) is 0 Å². The molecular formula is C12H12O6. The molecule has 0 bridgehead atoms. The molecule has 1 aromatic rings. The molecule has 0 spiro atoms. The summed E-state index contributed by atoms with van der Waals surface area (Å²) in [5.41, 5.74) is -1.66. The van der Waals surface area contributed by atoms with Gasteiger partial charge in [0.25, 0.3) is 0 Å². The van der Waals surface area contributed by atoms with E-state index in [1.807, 2.05) is 0 Å². The maximum atomic E-state index is 11.9. The summed E-state index contributed by atoms with van der Waals surface area (Å²) in [6, 6.07) is -3.20. The number of benzene rings is 1. The monoisotopic (exact) mass is 256 g/mol. The van der Waals surface area contributed by atoms with Crippen molar-refractivity contribution in [3.8, 4) is 0 Å². The van der Waals surface area contributed by atoms with Gasteiger partial charge in [0, 0.05) is 6.42 Å². The van der Waals surface area contributed by atoms with Crippen LogP contribution in [-0.2, 0) is 9.53 Å². The number of aliphatic carboxylic acids is 1. The molecule has 2 N–H and O–H groups in total. The van der Waals surface area contributed by atoms with Crippen LogP contribution in [-0.4, -0.2) is 34.7 Å². The predicted molar refractivity (Wildman–Crippen MR) is 60.6 cm³/mol. The molecule has 6 nitrogen and oxygen atoms in total. The Morgan fingerprint density at radius 2 is 1.78 bits per heavy atom. The van der Waals surface area contributed by atoms with E-state index in [0.29, 0.717) is 0 Å². The van der Waals surface area contributed by atoms with Crippen LogP contribution in [0.15, 0.2) is 24.2 Å². The maximum absolute atomic E-state index is 11.9. The van der Waals surface area contributed by atoms with Crippen molar-refractivity contribution in [3.63, 3.8) is 0 Å².